The second kappa shape index (κ2) is 6.03. The zero-order valence-corrected chi connectivity index (χ0v) is 8.63. The van der Waals surface area contributed by atoms with E-state index in [1.165, 1.54) is 0 Å². The van der Waals surface area contributed by atoms with Crippen LogP contribution in [-0.4, -0.2) is 36.9 Å². The van der Waals surface area contributed by atoms with Gasteiger partial charge in [0.2, 0.25) is 0 Å². The van der Waals surface area contributed by atoms with Crippen molar-refractivity contribution in [2.24, 2.45) is 0 Å². The van der Waals surface area contributed by atoms with Gasteiger partial charge in [-0.25, -0.2) is 5.01 Å². The van der Waals surface area contributed by atoms with Crippen molar-refractivity contribution in [2.75, 3.05) is 26.9 Å². The molecule has 0 bridgehead atoms. The third-order valence-electron chi connectivity index (χ3n) is 1.63. The van der Waals surface area contributed by atoms with E-state index >= 15 is 0 Å². The molecular formula is C9H20N2O. The van der Waals surface area contributed by atoms with Crippen molar-refractivity contribution in [1.29, 1.82) is 0 Å². The Bertz CT molecular complexity index is 136. The van der Waals surface area contributed by atoms with E-state index in [-0.39, 0.29) is 0 Å². The van der Waals surface area contributed by atoms with E-state index in [0.717, 1.165) is 18.8 Å². The third kappa shape index (κ3) is 3.24. The highest BCUT2D eigenvalue weighted by Gasteiger charge is 2.14. The van der Waals surface area contributed by atoms with Gasteiger partial charge in [-0.05, 0) is 6.92 Å². The summed E-state index contributed by atoms with van der Waals surface area (Å²) >= 11 is 0. The van der Waals surface area contributed by atoms with E-state index < -0.39 is 0 Å². The molecule has 0 unspecified atom stereocenters. The van der Waals surface area contributed by atoms with Crippen LogP contribution in [0, 0.1) is 0 Å². The number of ether oxygens (including phenoxy) is 1. The van der Waals surface area contributed by atoms with Crippen molar-refractivity contribution in [3.05, 3.63) is 12.3 Å². The minimum atomic E-state index is 0.645. The monoisotopic (exact) mass is 172 g/mol. The van der Waals surface area contributed by atoms with Crippen LogP contribution in [-0.2, 0) is 4.74 Å². The average molecular weight is 172 g/mol. The zero-order valence-electron chi connectivity index (χ0n) is 8.63. The summed E-state index contributed by atoms with van der Waals surface area (Å²) in [6.07, 6.45) is 0. The molecule has 0 radical (unpaired) electrons. The third-order valence-corrected chi connectivity index (χ3v) is 1.63. The summed E-state index contributed by atoms with van der Waals surface area (Å²) in [5.41, 5.74) is 1.03. The molecule has 0 aromatic carbocycles. The molecule has 1 rings (SSSR count). The fourth-order valence-electron chi connectivity index (χ4n) is 0.969. The first-order valence-electron chi connectivity index (χ1n) is 4.43. The maximum Gasteiger partial charge on any atom is 0.133 e. The van der Waals surface area contributed by atoms with Gasteiger partial charge in [0, 0.05) is 19.3 Å². The smallest absolute Gasteiger partial charge is 0.133 e. The van der Waals surface area contributed by atoms with E-state index in [9.17, 15) is 0 Å². The van der Waals surface area contributed by atoms with Crippen molar-refractivity contribution in [1.82, 2.24) is 10.0 Å². The lowest BCUT2D eigenvalue weighted by molar-refractivity contribution is -0.122. The van der Waals surface area contributed by atoms with E-state index in [0.29, 0.717) is 6.73 Å². The largest absolute Gasteiger partial charge is 0.358 e. The molecule has 12 heavy (non-hydrogen) atoms. The highest BCUT2D eigenvalue weighted by Crippen LogP contribution is 2.07. The van der Waals surface area contributed by atoms with Crippen LogP contribution < -0.4 is 0 Å². The van der Waals surface area contributed by atoms with E-state index in [4.69, 9.17) is 4.74 Å². The zero-order chi connectivity index (χ0) is 9.56. The summed E-state index contributed by atoms with van der Waals surface area (Å²) in [4.78, 5) is 0. The van der Waals surface area contributed by atoms with Gasteiger partial charge in [-0.2, -0.15) is 0 Å². The van der Waals surface area contributed by atoms with Crippen LogP contribution in [0.1, 0.15) is 20.8 Å². The molecule has 0 amide bonds. The first-order chi connectivity index (χ1) is 5.72. The lowest BCUT2D eigenvalue weighted by Crippen LogP contribution is -2.45. The molecule has 1 aliphatic rings. The van der Waals surface area contributed by atoms with E-state index in [1.54, 1.807) is 0 Å². The highest BCUT2D eigenvalue weighted by molar-refractivity contribution is 4.85. The van der Waals surface area contributed by atoms with Gasteiger partial charge in [0.1, 0.15) is 6.73 Å². The van der Waals surface area contributed by atoms with Crippen molar-refractivity contribution in [2.45, 2.75) is 20.8 Å². The maximum atomic E-state index is 5.24. The Hall–Kier alpha value is -0.540. The molecule has 0 atom stereocenters. The molecule has 1 fully saturated rings. The van der Waals surface area contributed by atoms with Gasteiger partial charge in [-0.1, -0.05) is 20.4 Å². The molecule has 0 N–H and O–H groups in total. The maximum absolute atomic E-state index is 5.24. The SMILES string of the molecule is C=C(C)N1COCCN1C.CC. The van der Waals surface area contributed by atoms with Gasteiger partial charge in [0.25, 0.3) is 0 Å². The van der Waals surface area contributed by atoms with Gasteiger partial charge in [0.05, 0.1) is 6.61 Å². The molecule has 0 saturated carbocycles. The molecule has 72 valence electrons. The molecule has 0 aromatic heterocycles. The van der Waals surface area contributed by atoms with Crippen LogP contribution >= 0.6 is 0 Å². The van der Waals surface area contributed by atoms with Crippen LogP contribution in [0.15, 0.2) is 12.3 Å². The van der Waals surface area contributed by atoms with Crippen molar-refractivity contribution >= 4 is 0 Å². The van der Waals surface area contributed by atoms with Crippen LogP contribution in [0.2, 0.25) is 0 Å². The molecule has 0 aromatic rings. The lowest BCUT2D eigenvalue weighted by atomic mass is 10.5. The minimum Gasteiger partial charge on any atom is -0.358 e. The highest BCUT2D eigenvalue weighted by atomic mass is 16.5. The number of rotatable bonds is 1. The predicted octanol–water partition coefficient (Wildman–Crippen LogP) is 1.68. The Morgan fingerprint density at radius 1 is 1.42 bits per heavy atom. The number of allylic oxidation sites excluding steroid dienone is 1. The molecule has 0 aliphatic carbocycles. The van der Waals surface area contributed by atoms with Crippen molar-refractivity contribution in [3.8, 4) is 0 Å². The summed E-state index contributed by atoms with van der Waals surface area (Å²) in [5, 5.41) is 4.13. The number of hydrogen-bond donors (Lipinski definition) is 0. The Labute approximate surface area is 75.6 Å². The number of hydrazine groups is 1. The second-order valence-electron chi connectivity index (χ2n) is 2.55. The summed E-state index contributed by atoms with van der Waals surface area (Å²) in [7, 11) is 2.04. The van der Waals surface area contributed by atoms with E-state index in [2.05, 4.69) is 11.6 Å². The molecular weight excluding hydrogens is 152 g/mol. The number of nitrogens with zero attached hydrogens (tertiary/aromatic N) is 2. The van der Waals surface area contributed by atoms with Crippen molar-refractivity contribution in [3.63, 3.8) is 0 Å². The van der Waals surface area contributed by atoms with Gasteiger partial charge in [-0.3, -0.25) is 5.01 Å². The average Bonchev–Trinajstić information content (AvgIpc) is 2.08. The number of hydrogen-bond acceptors (Lipinski definition) is 3. The quantitative estimate of drug-likeness (QED) is 0.598. The molecule has 0 spiro atoms. The molecule has 1 heterocycles. The van der Waals surface area contributed by atoms with Gasteiger partial charge in [0.15, 0.2) is 0 Å². The standard InChI is InChI=1S/C7H14N2O.C2H6/c1-7(2)9-6-10-5-4-8(9)3;1-2/h1,4-6H2,2-3H3;1-2H3. The first-order valence-corrected chi connectivity index (χ1v) is 4.43. The summed E-state index contributed by atoms with van der Waals surface area (Å²) in [6.45, 7) is 12.2. The number of likely N-dealkylation sites (N-methyl/N-ethyl adjacent to an activating group) is 1. The Morgan fingerprint density at radius 2 is 2.00 bits per heavy atom. The van der Waals surface area contributed by atoms with Crippen LogP contribution in [0.5, 0.6) is 0 Å². The Kier molecular flexibility index (Phi) is 5.76. The molecule has 1 saturated heterocycles. The van der Waals surface area contributed by atoms with Gasteiger partial charge in [-0.15, -0.1) is 0 Å². The minimum absolute atomic E-state index is 0.645. The Balaban J connectivity index is 0.000000561. The van der Waals surface area contributed by atoms with Gasteiger partial charge >= 0.3 is 0 Å². The topological polar surface area (TPSA) is 15.7 Å². The molecule has 1 aliphatic heterocycles. The van der Waals surface area contributed by atoms with Crippen LogP contribution in [0.25, 0.3) is 0 Å². The molecule has 3 nitrogen and oxygen atoms in total. The van der Waals surface area contributed by atoms with Crippen molar-refractivity contribution < 1.29 is 4.74 Å². The predicted molar refractivity (Wildman–Crippen MR) is 51.5 cm³/mol. The lowest BCUT2D eigenvalue weighted by Gasteiger charge is -2.37. The second-order valence-corrected chi connectivity index (χ2v) is 2.55. The normalized spacial score (nSPS) is 18.2. The summed E-state index contributed by atoms with van der Waals surface area (Å²) in [6, 6.07) is 0. The fourth-order valence-corrected chi connectivity index (χ4v) is 0.969. The summed E-state index contributed by atoms with van der Waals surface area (Å²) < 4.78 is 5.24. The van der Waals surface area contributed by atoms with Crippen LogP contribution in [0.4, 0.5) is 0 Å². The first kappa shape index (κ1) is 11.5. The van der Waals surface area contributed by atoms with Gasteiger partial charge < -0.3 is 4.74 Å². The Morgan fingerprint density at radius 3 is 2.33 bits per heavy atom. The fraction of sp³-hybridized carbons (Fsp3) is 0.778. The van der Waals surface area contributed by atoms with Crippen LogP contribution in [0.3, 0.4) is 0 Å². The van der Waals surface area contributed by atoms with E-state index in [1.807, 2.05) is 32.8 Å². The summed E-state index contributed by atoms with van der Waals surface area (Å²) in [5.74, 6) is 0. The molecule has 3 heteroatoms.